The molecule has 0 saturated heterocycles. The Morgan fingerprint density at radius 1 is 1.17 bits per heavy atom. The minimum absolute atomic E-state index is 0.176. The van der Waals surface area contributed by atoms with Gasteiger partial charge in [-0.1, -0.05) is 0 Å². The largest absolute Gasteiger partial charge is 0.484 e. The Labute approximate surface area is 131 Å². The second-order valence-corrected chi connectivity index (χ2v) is 6.27. The molecule has 4 atom stereocenters. The number of ether oxygens (including phenoxy) is 1. The molecule has 3 rings (SSSR count). The molecule has 23 heavy (non-hydrogen) atoms. The van der Waals surface area contributed by atoms with Crippen LogP contribution in [0.15, 0.2) is 33.5 Å². The van der Waals surface area contributed by atoms with Crippen LogP contribution in [0.2, 0.25) is 0 Å². The maximum Gasteiger partial charge on any atom is 0.336 e. The molecule has 124 valence electrons. The van der Waals surface area contributed by atoms with Crippen LogP contribution in [0.3, 0.4) is 0 Å². The van der Waals surface area contributed by atoms with E-state index in [-0.39, 0.29) is 16.9 Å². The van der Waals surface area contributed by atoms with E-state index in [0.717, 1.165) is 0 Å². The van der Waals surface area contributed by atoms with Crippen LogP contribution in [0.4, 0.5) is 0 Å². The van der Waals surface area contributed by atoms with Crippen molar-refractivity contribution >= 4 is 11.0 Å². The zero-order chi connectivity index (χ0) is 16.9. The molecule has 1 aliphatic heterocycles. The SMILES string of the molecule is CC(C)(O)[C@H](O)[C@H](O)[C@H]1Oc2ccc3ccc(=O)oc3c2[C@@H]1O. The summed E-state index contributed by atoms with van der Waals surface area (Å²) in [7, 11) is 0. The van der Waals surface area contributed by atoms with Gasteiger partial charge >= 0.3 is 5.63 Å². The van der Waals surface area contributed by atoms with E-state index < -0.39 is 35.6 Å². The van der Waals surface area contributed by atoms with Gasteiger partial charge in [-0.25, -0.2) is 4.79 Å². The van der Waals surface area contributed by atoms with Crippen LogP contribution in [-0.4, -0.2) is 44.3 Å². The molecule has 1 aliphatic rings. The lowest BCUT2D eigenvalue weighted by Crippen LogP contribution is -2.51. The molecule has 4 N–H and O–H groups in total. The summed E-state index contributed by atoms with van der Waals surface area (Å²) in [6.07, 6.45) is -5.58. The molecular weight excluding hydrogens is 304 g/mol. The Morgan fingerprint density at radius 2 is 1.83 bits per heavy atom. The van der Waals surface area contributed by atoms with Gasteiger partial charge in [0.25, 0.3) is 0 Å². The first-order valence-corrected chi connectivity index (χ1v) is 7.20. The van der Waals surface area contributed by atoms with E-state index in [0.29, 0.717) is 5.39 Å². The van der Waals surface area contributed by atoms with E-state index >= 15 is 0 Å². The molecule has 2 aromatic rings. The summed E-state index contributed by atoms with van der Waals surface area (Å²) in [6.45, 7) is 2.67. The molecule has 0 radical (unpaired) electrons. The van der Waals surface area contributed by atoms with E-state index in [1.54, 1.807) is 18.2 Å². The van der Waals surface area contributed by atoms with Crippen molar-refractivity contribution in [2.75, 3.05) is 0 Å². The highest BCUT2D eigenvalue weighted by Gasteiger charge is 2.45. The van der Waals surface area contributed by atoms with E-state index in [9.17, 15) is 25.2 Å². The zero-order valence-corrected chi connectivity index (χ0v) is 12.6. The minimum Gasteiger partial charge on any atom is -0.484 e. The minimum atomic E-state index is -1.58. The number of benzene rings is 1. The Bertz CT molecular complexity index is 789. The second-order valence-electron chi connectivity index (χ2n) is 6.27. The summed E-state index contributed by atoms with van der Waals surface area (Å²) in [5.74, 6) is 0.256. The van der Waals surface area contributed by atoms with Crippen LogP contribution in [0.1, 0.15) is 25.5 Å². The molecule has 1 aromatic heterocycles. The monoisotopic (exact) mass is 322 g/mol. The van der Waals surface area contributed by atoms with Gasteiger partial charge in [0, 0.05) is 11.5 Å². The Balaban J connectivity index is 2.02. The summed E-state index contributed by atoms with van der Waals surface area (Å²) in [5.41, 5.74) is -1.73. The highest BCUT2D eigenvalue weighted by atomic mass is 16.5. The van der Waals surface area contributed by atoms with Gasteiger partial charge in [0.05, 0.1) is 11.2 Å². The standard InChI is InChI=1S/C16H18O7/c1-16(2,21)15(20)12(19)14-11(18)10-8(22-14)5-3-7-4-6-9(17)23-13(7)10/h3-6,11-12,14-15,18-21H,1-2H3/t11-,12+,14-,15+/m0/s1. The van der Waals surface area contributed by atoms with Gasteiger partial charge in [-0.3, -0.25) is 0 Å². The molecule has 0 spiro atoms. The molecular formula is C16H18O7. The van der Waals surface area contributed by atoms with Crippen LogP contribution in [0.5, 0.6) is 5.75 Å². The summed E-state index contributed by atoms with van der Waals surface area (Å²) < 4.78 is 10.7. The van der Waals surface area contributed by atoms with Crippen molar-refractivity contribution in [3.8, 4) is 5.75 Å². The fourth-order valence-electron chi connectivity index (χ4n) is 2.75. The molecule has 0 bridgehead atoms. The predicted molar refractivity (Wildman–Crippen MR) is 80.2 cm³/mol. The van der Waals surface area contributed by atoms with Gasteiger partial charge < -0.3 is 29.6 Å². The normalized spacial score (nSPS) is 23.4. The van der Waals surface area contributed by atoms with Crippen LogP contribution in [-0.2, 0) is 0 Å². The van der Waals surface area contributed by atoms with Crippen LogP contribution in [0, 0.1) is 0 Å². The van der Waals surface area contributed by atoms with Crippen molar-refractivity contribution in [1.82, 2.24) is 0 Å². The zero-order valence-electron chi connectivity index (χ0n) is 12.6. The summed E-state index contributed by atoms with van der Waals surface area (Å²) in [6, 6.07) is 6.07. The Kier molecular flexibility index (Phi) is 3.68. The molecule has 0 fully saturated rings. The van der Waals surface area contributed by atoms with E-state index in [2.05, 4.69) is 0 Å². The fraction of sp³-hybridized carbons (Fsp3) is 0.438. The summed E-state index contributed by atoms with van der Waals surface area (Å²) in [4.78, 5) is 11.4. The van der Waals surface area contributed by atoms with Crippen LogP contribution < -0.4 is 10.4 Å². The Hall–Kier alpha value is -1.93. The van der Waals surface area contributed by atoms with E-state index in [1.165, 1.54) is 19.9 Å². The summed E-state index contributed by atoms with van der Waals surface area (Å²) in [5, 5.41) is 41.1. The average molecular weight is 322 g/mol. The first-order valence-electron chi connectivity index (χ1n) is 7.20. The van der Waals surface area contributed by atoms with Crippen LogP contribution >= 0.6 is 0 Å². The highest BCUT2D eigenvalue weighted by Crippen LogP contribution is 2.42. The lowest BCUT2D eigenvalue weighted by molar-refractivity contribution is -0.145. The first kappa shape index (κ1) is 15.9. The van der Waals surface area contributed by atoms with Gasteiger partial charge in [-0.15, -0.1) is 0 Å². The lowest BCUT2D eigenvalue weighted by atomic mass is 9.90. The molecule has 7 nitrogen and oxygen atoms in total. The number of aliphatic hydroxyl groups is 4. The third-order valence-corrected chi connectivity index (χ3v) is 4.04. The van der Waals surface area contributed by atoms with E-state index in [4.69, 9.17) is 9.15 Å². The summed E-state index contributed by atoms with van der Waals surface area (Å²) >= 11 is 0. The fourth-order valence-corrected chi connectivity index (χ4v) is 2.75. The maximum absolute atomic E-state index is 11.4. The van der Waals surface area contributed by atoms with Crippen LogP contribution in [0.25, 0.3) is 11.0 Å². The van der Waals surface area contributed by atoms with Gasteiger partial charge in [0.2, 0.25) is 0 Å². The second kappa shape index (κ2) is 5.31. The average Bonchev–Trinajstić information content (AvgIpc) is 2.82. The van der Waals surface area contributed by atoms with Crippen molar-refractivity contribution in [3.63, 3.8) is 0 Å². The quantitative estimate of drug-likeness (QED) is 0.591. The first-order chi connectivity index (χ1) is 10.7. The van der Waals surface area contributed by atoms with Gasteiger partial charge in [0.1, 0.15) is 29.6 Å². The third-order valence-electron chi connectivity index (χ3n) is 4.04. The van der Waals surface area contributed by atoms with Gasteiger partial charge in [0.15, 0.2) is 6.10 Å². The van der Waals surface area contributed by atoms with E-state index in [1.807, 2.05) is 0 Å². The number of hydrogen-bond donors (Lipinski definition) is 4. The smallest absolute Gasteiger partial charge is 0.336 e. The van der Waals surface area contributed by atoms with Crippen molar-refractivity contribution < 1.29 is 29.6 Å². The van der Waals surface area contributed by atoms with Gasteiger partial charge in [-0.2, -0.15) is 0 Å². The van der Waals surface area contributed by atoms with Gasteiger partial charge in [-0.05, 0) is 32.0 Å². The van der Waals surface area contributed by atoms with Crippen molar-refractivity contribution in [2.45, 2.75) is 43.9 Å². The van der Waals surface area contributed by atoms with Crippen molar-refractivity contribution in [2.24, 2.45) is 0 Å². The molecule has 0 unspecified atom stereocenters. The molecule has 0 saturated carbocycles. The molecule has 0 aliphatic carbocycles. The highest BCUT2D eigenvalue weighted by molar-refractivity contribution is 5.83. The van der Waals surface area contributed by atoms with Crippen molar-refractivity contribution in [1.29, 1.82) is 0 Å². The molecule has 7 heteroatoms. The molecule has 1 aromatic carbocycles. The number of fused-ring (bicyclic) bond motifs is 3. The number of rotatable bonds is 3. The Morgan fingerprint density at radius 3 is 2.48 bits per heavy atom. The number of hydrogen-bond acceptors (Lipinski definition) is 7. The molecule has 2 heterocycles. The van der Waals surface area contributed by atoms with Crippen molar-refractivity contribution in [3.05, 3.63) is 40.2 Å². The predicted octanol–water partition coefficient (Wildman–Crippen LogP) is 0.0801. The molecule has 0 amide bonds. The lowest BCUT2D eigenvalue weighted by Gasteiger charge is -2.32. The maximum atomic E-state index is 11.4. The number of aliphatic hydroxyl groups excluding tert-OH is 3. The third kappa shape index (κ3) is 2.61. The topological polar surface area (TPSA) is 120 Å².